The van der Waals surface area contributed by atoms with Crippen LogP contribution in [0.15, 0.2) is 10.6 Å². The van der Waals surface area contributed by atoms with Gasteiger partial charge in [0, 0.05) is 18.2 Å². The maximum atomic E-state index is 11.3. The Labute approximate surface area is 106 Å². The van der Waals surface area contributed by atoms with Gasteiger partial charge in [-0.15, -0.1) is 0 Å². The number of hydrazine groups is 1. The van der Waals surface area contributed by atoms with E-state index in [1.54, 1.807) is 6.07 Å². The fourth-order valence-electron chi connectivity index (χ4n) is 2.53. The first-order chi connectivity index (χ1) is 8.61. The molecular formula is C12H20N4O2. The van der Waals surface area contributed by atoms with Crippen molar-refractivity contribution in [3.05, 3.63) is 17.5 Å². The molecule has 6 nitrogen and oxygen atoms in total. The molecular weight excluding hydrogens is 232 g/mol. The summed E-state index contributed by atoms with van der Waals surface area (Å²) in [6.07, 6.45) is 3.68. The Kier molecular flexibility index (Phi) is 3.98. The third-order valence-corrected chi connectivity index (χ3v) is 3.64. The van der Waals surface area contributed by atoms with Gasteiger partial charge in [0.2, 0.25) is 0 Å². The number of rotatable bonds is 3. The molecule has 1 aromatic rings. The van der Waals surface area contributed by atoms with Crippen LogP contribution in [0.2, 0.25) is 0 Å². The van der Waals surface area contributed by atoms with Crippen molar-refractivity contribution in [2.24, 2.45) is 5.84 Å². The molecule has 0 spiro atoms. The molecule has 1 aromatic heterocycles. The number of aromatic nitrogens is 1. The minimum absolute atomic E-state index is 0.227. The van der Waals surface area contributed by atoms with Crippen molar-refractivity contribution in [3.63, 3.8) is 0 Å². The Hall–Kier alpha value is -1.40. The summed E-state index contributed by atoms with van der Waals surface area (Å²) in [4.78, 5) is 13.7. The van der Waals surface area contributed by atoms with Crippen molar-refractivity contribution in [3.8, 4) is 0 Å². The molecule has 18 heavy (non-hydrogen) atoms. The average molecular weight is 252 g/mol. The van der Waals surface area contributed by atoms with Crippen LogP contribution in [0.3, 0.4) is 0 Å². The van der Waals surface area contributed by atoms with Gasteiger partial charge in [0.1, 0.15) is 0 Å². The maximum Gasteiger partial charge on any atom is 0.287 e. The quantitative estimate of drug-likeness (QED) is 0.477. The molecule has 1 amide bonds. The highest BCUT2D eigenvalue weighted by atomic mass is 16.5. The van der Waals surface area contributed by atoms with Crippen LogP contribution < -0.4 is 11.3 Å². The van der Waals surface area contributed by atoms with Crippen LogP contribution in [-0.2, 0) is 6.54 Å². The molecule has 2 heterocycles. The Morgan fingerprint density at radius 1 is 1.56 bits per heavy atom. The van der Waals surface area contributed by atoms with Crippen LogP contribution >= 0.6 is 0 Å². The monoisotopic (exact) mass is 252 g/mol. The molecule has 3 N–H and O–H groups in total. The molecule has 1 aliphatic rings. The summed E-state index contributed by atoms with van der Waals surface area (Å²) in [5.41, 5.74) is 2.27. The van der Waals surface area contributed by atoms with Crippen molar-refractivity contribution in [1.29, 1.82) is 0 Å². The lowest BCUT2D eigenvalue weighted by Crippen LogP contribution is -2.42. The molecule has 1 saturated heterocycles. The van der Waals surface area contributed by atoms with E-state index >= 15 is 0 Å². The van der Waals surface area contributed by atoms with E-state index in [1.165, 1.54) is 19.3 Å². The zero-order chi connectivity index (χ0) is 13.1. The second kappa shape index (κ2) is 5.49. The van der Waals surface area contributed by atoms with Crippen LogP contribution in [0.5, 0.6) is 0 Å². The molecule has 0 radical (unpaired) electrons. The van der Waals surface area contributed by atoms with E-state index in [9.17, 15) is 4.79 Å². The summed E-state index contributed by atoms with van der Waals surface area (Å²) in [5, 5.41) is 3.71. The molecule has 2 atom stereocenters. The molecule has 1 fully saturated rings. The van der Waals surface area contributed by atoms with Gasteiger partial charge >= 0.3 is 0 Å². The molecule has 1 aliphatic heterocycles. The molecule has 0 unspecified atom stereocenters. The molecule has 0 aliphatic carbocycles. The SMILES string of the molecule is C[C@@H]1CCC[C@H](C)N1Cc1cc(C(=O)NN)no1. The molecule has 100 valence electrons. The Bertz CT molecular complexity index is 408. The molecule has 6 heteroatoms. The van der Waals surface area contributed by atoms with Crippen molar-refractivity contribution >= 4 is 5.91 Å². The standard InChI is InChI=1S/C12H20N4O2/c1-8-4-3-5-9(2)16(8)7-10-6-11(15-18-10)12(17)14-13/h6,8-9H,3-5,7,13H2,1-2H3,(H,14,17)/t8-,9+. The van der Waals surface area contributed by atoms with E-state index in [4.69, 9.17) is 10.4 Å². The summed E-state index contributed by atoms with van der Waals surface area (Å²) in [5.74, 6) is 5.33. The van der Waals surface area contributed by atoms with E-state index in [-0.39, 0.29) is 5.69 Å². The smallest absolute Gasteiger partial charge is 0.287 e. The molecule has 0 bridgehead atoms. The predicted molar refractivity (Wildman–Crippen MR) is 66.5 cm³/mol. The molecule has 0 saturated carbocycles. The van der Waals surface area contributed by atoms with E-state index in [0.29, 0.717) is 24.4 Å². The highest BCUT2D eigenvalue weighted by Crippen LogP contribution is 2.24. The summed E-state index contributed by atoms with van der Waals surface area (Å²) >= 11 is 0. The number of nitrogens with one attached hydrogen (secondary N) is 1. The van der Waals surface area contributed by atoms with Crippen LogP contribution in [-0.4, -0.2) is 28.0 Å². The number of hydrogen-bond donors (Lipinski definition) is 2. The number of likely N-dealkylation sites (tertiary alicyclic amines) is 1. The number of carbonyl (C=O) groups is 1. The van der Waals surface area contributed by atoms with Crippen LogP contribution in [0.25, 0.3) is 0 Å². The Morgan fingerprint density at radius 3 is 2.83 bits per heavy atom. The van der Waals surface area contributed by atoms with E-state index in [2.05, 4.69) is 23.9 Å². The van der Waals surface area contributed by atoms with Crippen LogP contribution in [0.4, 0.5) is 0 Å². The lowest BCUT2D eigenvalue weighted by atomic mass is 9.97. The van der Waals surface area contributed by atoms with Gasteiger partial charge in [-0.05, 0) is 26.7 Å². The topological polar surface area (TPSA) is 84.4 Å². The highest BCUT2D eigenvalue weighted by Gasteiger charge is 2.26. The average Bonchev–Trinajstić information content (AvgIpc) is 2.81. The third kappa shape index (κ3) is 2.70. The van der Waals surface area contributed by atoms with Crippen molar-refractivity contribution in [2.45, 2.75) is 51.7 Å². The number of nitrogens with two attached hydrogens (primary N) is 1. The zero-order valence-electron chi connectivity index (χ0n) is 10.8. The van der Waals surface area contributed by atoms with E-state index in [1.807, 2.05) is 5.43 Å². The first-order valence-electron chi connectivity index (χ1n) is 6.34. The minimum Gasteiger partial charge on any atom is -0.359 e. The van der Waals surface area contributed by atoms with Crippen molar-refractivity contribution in [1.82, 2.24) is 15.5 Å². The van der Waals surface area contributed by atoms with Gasteiger partial charge in [0.15, 0.2) is 11.5 Å². The van der Waals surface area contributed by atoms with Gasteiger partial charge in [0.05, 0.1) is 6.54 Å². The third-order valence-electron chi connectivity index (χ3n) is 3.64. The normalized spacial score (nSPS) is 25.1. The fourth-order valence-corrected chi connectivity index (χ4v) is 2.53. The number of piperidine rings is 1. The number of nitrogens with zero attached hydrogens (tertiary/aromatic N) is 2. The largest absolute Gasteiger partial charge is 0.359 e. The Balaban J connectivity index is 2.04. The molecule has 2 rings (SSSR count). The lowest BCUT2D eigenvalue weighted by molar-refractivity contribution is 0.0842. The fraction of sp³-hybridized carbons (Fsp3) is 0.667. The second-order valence-electron chi connectivity index (χ2n) is 4.95. The van der Waals surface area contributed by atoms with Gasteiger partial charge < -0.3 is 4.52 Å². The number of amides is 1. The highest BCUT2D eigenvalue weighted by molar-refractivity contribution is 5.91. The minimum atomic E-state index is -0.426. The van der Waals surface area contributed by atoms with Crippen molar-refractivity contribution < 1.29 is 9.32 Å². The number of hydrogen-bond acceptors (Lipinski definition) is 5. The Morgan fingerprint density at radius 2 is 2.22 bits per heavy atom. The van der Waals surface area contributed by atoms with Gasteiger partial charge in [-0.2, -0.15) is 0 Å². The maximum absolute atomic E-state index is 11.3. The van der Waals surface area contributed by atoms with Crippen molar-refractivity contribution in [2.75, 3.05) is 0 Å². The summed E-state index contributed by atoms with van der Waals surface area (Å²) in [7, 11) is 0. The van der Waals surface area contributed by atoms with Crippen LogP contribution in [0.1, 0.15) is 49.4 Å². The zero-order valence-corrected chi connectivity index (χ0v) is 10.8. The number of carbonyl (C=O) groups excluding carboxylic acids is 1. The van der Waals surface area contributed by atoms with Gasteiger partial charge in [-0.1, -0.05) is 11.6 Å². The van der Waals surface area contributed by atoms with Gasteiger partial charge in [0.25, 0.3) is 5.91 Å². The van der Waals surface area contributed by atoms with Gasteiger partial charge in [-0.25, -0.2) is 5.84 Å². The molecule has 0 aromatic carbocycles. The summed E-state index contributed by atoms with van der Waals surface area (Å²) in [6, 6.07) is 2.72. The number of nitrogen functional groups attached to an aromatic ring is 1. The second-order valence-corrected chi connectivity index (χ2v) is 4.95. The first kappa shape index (κ1) is 13.0. The first-order valence-corrected chi connectivity index (χ1v) is 6.34. The van der Waals surface area contributed by atoms with E-state index < -0.39 is 5.91 Å². The lowest BCUT2D eigenvalue weighted by Gasteiger charge is -2.38. The summed E-state index contributed by atoms with van der Waals surface area (Å²) < 4.78 is 5.18. The van der Waals surface area contributed by atoms with E-state index in [0.717, 1.165) is 0 Å². The summed E-state index contributed by atoms with van der Waals surface area (Å²) in [6.45, 7) is 5.13. The van der Waals surface area contributed by atoms with Crippen LogP contribution in [0, 0.1) is 0 Å². The van der Waals surface area contributed by atoms with Gasteiger partial charge in [-0.3, -0.25) is 15.1 Å². The predicted octanol–water partition coefficient (Wildman–Crippen LogP) is 1.04.